The van der Waals surface area contributed by atoms with E-state index in [1.807, 2.05) is 54.3 Å². The highest BCUT2D eigenvalue weighted by atomic mass is 16.2. The van der Waals surface area contributed by atoms with Gasteiger partial charge in [0.25, 0.3) is 5.91 Å². The fraction of sp³-hybridized carbons (Fsp3) is 0.273. The van der Waals surface area contributed by atoms with Crippen LogP contribution in [0.5, 0.6) is 0 Å². The zero-order chi connectivity index (χ0) is 18.6. The van der Waals surface area contributed by atoms with E-state index in [2.05, 4.69) is 33.3 Å². The van der Waals surface area contributed by atoms with Crippen molar-refractivity contribution in [2.75, 3.05) is 31.1 Å². The highest BCUT2D eigenvalue weighted by molar-refractivity contribution is 5.94. The number of nitrogens with zero attached hydrogens (tertiary/aromatic N) is 3. The van der Waals surface area contributed by atoms with Gasteiger partial charge in [0, 0.05) is 37.8 Å². The van der Waals surface area contributed by atoms with Crippen molar-refractivity contribution in [3.05, 3.63) is 71.8 Å². The van der Waals surface area contributed by atoms with Crippen LogP contribution in [0.2, 0.25) is 0 Å². The Bertz CT molecular complexity index is 919. The Morgan fingerprint density at radius 1 is 0.963 bits per heavy atom. The lowest BCUT2D eigenvalue weighted by Gasteiger charge is -2.22. The maximum Gasteiger partial charge on any atom is 0.253 e. The van der Waals surface area contributed by atoms with Crippen molar-refractivity contribution in [1.82, 2.24) is 15.1 Å². The van der Waals surface area contributed by atoms with Crippen LogP contribution in [0.25, 0.3) is 11.3 Å². The molecule has 5 heteroatoms. The zero-order valence-electron chi connectivity index (χ0n) is 15.6. The Balaban J connectivity index is 1.44. The Kier molecular flexibility index (Phi) is 4.92. The van der Waals surface area contributed by atoms with Gasteiger partial charge in [-0.25, -0.2) is 0 Å². The first-order valence-corrected chi connectivity index (χ1v) is 9.42. The summed E-state index contributed by atoms with van der Waals surface area (Å²) in [6.07, 6.45) is 0.936. The van der Waals surface area contributed by atoms with Crippen molar-refractivity contribution in [2.45, 2.75) is 13.3 Å². The third-order valence-corrected chi connectivity index (χ3v) is 5.02. The number of H-pyrrole nitrogens is 1. The average molecular weight is 360 g/mol. The molecule has 1 aromatic heterocycles. The molecule has 0 unspecified atom stereocenters. The number of hydrogen-bond acceptors (Lipinski definition) is 3. The number of hydrogen-bond donors (Lipinski definition) is 1. The molecule has 1 aliphatic heterocycles. The first kappa shape index (κ1) is 17.3. The van der Waals surface area contributed by atoms with Crippen LogP contribution in [-0.2, 0) is 0 Å². The van der Waals surface area contributed by atoms with Gasteiger partial charge < -0.3 is 9.80 Å². The third-order valence-electron chi connectivity index (χ3n) is 5.02. The Morgan fingerprint density at radius 3 is 2.63 bits per heavy atom. The second kappa shape index (κ2) is 7.66. The SMILES string of the molecule is Cc1cccc(C(=O)N2CCCN(c3cc(-c4ccccc4)[nH]n3)CC2)c1. The van der Waals surface area contributed by atoms with E-state index < -0.39 is 0 Å². The predicted octanol–water partition coefficient (Wildman–Crippen LogP) is 3.74. The number of nitrogens with one attached hydrogen (secondary N) is 1. The van der Waals surface area contributed by atoms with Crippen LogP contribution in [0.3, 0.4) is 0 Å². The van der Waals surface area contributed by atoms with Gasteiger partial charge in [-0.2, -0.15) is 5.10 Å². The molecule has 0 atom stereocenters. The molecule has 0 saturated carbocycles. The van der Waals surface area contributed by atoms with Gasteiger partial charge in [0.1, 0.15) is 0 Å². The molecule has 1 fully saturated rings. The van der Waals surface area contributed by atoms with Gasteiger partial charge in [-0.15, -0.1) is 0 Å². The summed E-state index contributed by atoms with van der Waals surface area (Å²) in [6.45, 7) is 5.19. The molecule has 27 heavy (non-hydrogen) atoms. The van der Waals surface area contributed by atoms with Gasteiger partial charge in [0.15, 0.2) is 5.82 Å². The predicted molar refractivity (Wildman–Crippen MR) is 108 cm³/mol. The first-order chi connectivity index (χ1) is 13.2. The standard InChI is InChI=1S/C22H24N4O/c1-17-7-5-10-19(15-17)22(27)26-12-6-11-25(13-14-26)21-16-20(23-24-21)18-8-3-2-4-9-18/h2-5,7-10,15-16H,6,11-14H2,1H3,(H,23,24). The molecular formula is C22H24N4O. The minimum Gasteiger partial charge on any atom is -0.353 e. The highest BCUT2D eigenvalue weighted by Gasteiger charge is 2.21. The molecular weight excluding hydrogens is 336 g/mol. The zero-order valence-corrected chi connectivity index (χ0v) is 15.6. The summed E-state index contributed by atoms with van der Waals surface area (Å²) >= 11 is 0. The van der Waals surface area contributed by atoms with Crippen LogP contribution in [0.4, 0.5) is 5.82 Å². The molecule has 2 aromatic carbocycles. The fourth-order valence-corrected chi connectivity index (χ4v) is 3.55. The van der Waals surface area contributed by atoms with Crippen molar-refractivity contribution >= 4 is 11.7 Å². The first-order valence-electron chi connectivity index (χ1n) is 9.42. The summed E-state index contributed by atoms with van der Waals surface area (Å²) < 4.78 is 0. The lowest BCUT2D eigenvalue weighted by atomic mass is 10.1. The van der Waals surface area contributed by atoms with E-state index in [9.17, 15) is 4.79 Å². The lowest BCUT2D eigenvalue weighted by Crippen LogP contribution is -2.35. The van der Waals surface area contributed by atoms with E-state index in [1.54, 1.807) is 0 Å². The summed E-state index contributed by atoms with van der Waals surface area (Å²) in [5.41, 5.74) is 4.03. The van der Waals surface area contributed by atoms with Gasteiger partial charge >= 0.3 is 0 Å². The van der Waals surface area contributed by atoms with Crippen molar-refractivity contribution in [1.29, 1.82) is 0 Å². The number of aryl methyl sites for hydroxylation is 1. The second-order valence-corrected chi connectivity index (χ2v) is 7.01. The van der Waals surface area contributed by atoms with Crippen LogP contribution in [-0.4, -0.2) is 47.2 Å². The molecule has 3 aromatic rings. The lowest BCUT2D eigenvalue weighted by molar-refractivity contribution is 0.0767. The van der Waals surface area contributed by atoms with Crippen molar-refractivity contribution in [3.63, 3.8) is 0 Å². The normalized spacial score (nSPS) is 14.9. The molecule has 1 N–H and O–H groups in total. The topological polar surface area (TPSA) is 52.2 Å². The molecule has 1 aliphatic rings. The summed E-state index contributed by atoms with van der Waals surface area (Å²) in [5.74, 6) is 1.06. The number of amides is 1. The van der Waals surface area contributed by atoms with Gasteiger partial charge in [-0.1, -0.05) is 48.0 Å². The van der Waals surface area contributed by atoms with Gasteiger partial charge in [-0.05, 0) is 31.0 Å². The van der Waals surface area contributed by atoms with Crippen molar-refractivity contribution in [2.24, 2.45) is 0 Å². The van der Waals surface area contributed by atoms with Crippen molar-refractivity contribution < 1.29 is 4.79 Å². The van der Waals surface area contributed by atoms with Crippen molar-refractivity contribution in [3.8, 4) is 11.3 Å². The van der Waals surface area contributed by atoms with E-state index in [-0.39, 0.29) is 5.91 Å². The fourth-order valence-electron chi connectivity index (χ4n) is 3.55. The number of benzene rings is 2. The quantitative estimate of drug-likeness (QED) is 0.774. The third kappa shape index (κ3) is 3.87. The van der Waals surface area contributed by atoms with Crippen LogP contribution >= 0.6 is 0 Å². The van der Waals surface area contributed by atoms with Gasteiger partial charge in [0.2, 0.25) is 0 Å². The van der Waals surface area contributed by atoms with Gasteiger partial charge in [-0.3, -0.25) is 9.89 Å². The summed E-state index contributed by atoms with van der Waals surface area (Å²) in [6, 6.07) is 20.1. The molecule has 5 nitrogen and oxygen atoms in total. The smallest absolute Gasteiger partial charge is 0.253 e. The summed E-state index contributed by atoms with van der Waals surface area (Å²) in [7, 11) is 0. The van der Waals surface area contributed by atoms with E-state index >= 15 is 0 Å². The molecule has 0 spiro atoms. The summed E-state index contributed by atoms with van der Waals surface area (Å²) in [4.78, 5) is 17.0. The minimum atomic E-state index is 0.118. The molecule has 2 heterocycles. The molecule has 138 valence electrons. The van der Waals surface area contributed by atoms with E-state index in [4.69, 9.17) is 0 Å². The summed E-state index contributed by atoms with van der Waals surface area (Å²) in [5, 5.41) is 7.63. The molecule has 1 saturated heterocycles. The average Bonchev–Trinajstić information content (AvgIpc) is 3.06. The molecule has 4 rings (SSSR count). The second-order valence-electron chi connectivity index (χ2n) is 7.01. The number of anilines is 1. The molecule has 0 radical (unpaired) electrons. The number of aromatic nitrogens is 2. The number of aromatic amines is 1. The van der Waals surface area contributed by atoms with E-state index in [1.165, 1.54) is 0 Å². The molecule has 1 amide bonds. The van der Waals surface area contributed by atoms with Crippen LogP contribution in [0, 0.1) is 6.92 Å². The number of carbonyl (C=O) groups is 1. The minimum absolute atomic E-state index is 0.118. The van der Waals surface area contributed by atoms with Crippen LogP contribution in [0.1, 0.15) is 22.3 Å². The van der Waals surface area contributed by atoms with Gasteiger partial charge in [0.05, 0.1) is 5.69 Å². The van der Waals surface area contributed by atoms with E-state index in [0.717, 1.165) is 54.3 Å². The monoisotopic (exact) mass is 360 g/mol. The maximum atomic E-state index is 12.8. The largest absolute Gasteiger partial charge is 0.353 e. The maximum absolute atomic E-state index is 12.8. The van der Waals surface area contributed by atoms with Crippen LogP contribution in [0.15, 0.2) is 60.7 Å². The van der Waals surface area contributed by atoms with Crippen LogP contribution < -0.4 is 4.90 Å². The Labute approximate surface area is 159 Å². The number of rotatable bonds is 3. The Morgan fingerprint density at radius 2 is 1.81 bits per heavy atom. The Hall–Kier alpha value is -3.08. The highest BCUT2D eigenvalue weighted by Crippen LogP contribution is 2.22. The molecule has 0 bridgehead atoms. The molecule has 0 aliphatic carbocycles. The van der Waals surface area contributed by atoms with E-state index in [0.29, 0.717) is 6.54 Å². The number of carbonyl (C=O) groups excluding carboxylic acids is 1.